The highest BCUT2D eigenvalue weighted by Crippen LogP contribution is 2.29. The lowest BCUT2D eigenvalue weighted by Crippen LogP contribution is -2.50. The van der Waals surface area contributed by atoms with Gasteiger partial charge in [-0.15, -0.1) is 0 Å². The first-order valence-corrected chi connectivity index (χ1v) is 8.70. The van der Waals surface area contributed by atoms with Gasteiger partial charge in [0.25, 0.3) is 0 Å². The van der Waals surface area contributed by atoms with Crippen LogP contribution < -0.4 is 4.90 Å². The number of carbonyl (C=O) groups excluding carboxylic acids is 1. The molecule has 3 heterocycles. The van der Waals surface area contributed by atoms with Crippen LogP contribution in [-0.2, 0) is 4.79 Å². The SMILES string of the molecule is Cc1cc(C)n(C2CN(C[C@H]3CC(=O)N(c4ccccc4)C3)C2)n1. The lowest BCUT2D eigenvalue weighted by molar-refractivity contribution is -0.117. The summed E-state index contributed by atoms with van der Waals surface area (Å²) in [6.45, 7) is 8.09. The van der Waals surface area contributed by atoms with Crippen molar-refractivity contribution in [2.75, 3.05) is 31.1 Å². The number of benzene rings is 1. The lowest BCUT2D eigenvalue weighted by Gasteiger charge is -2.41. The predicted molar refractivity (Wildman–Crippen MR) is 94.1 cm³/mol. The highest BCUT2D eigenvalue weighted by molar-refractivity contribution is 5.95. The topological polar surface area (TPSA) is 41.4 Å². The van der Waals surface area contributed by atoms with Crippen molar-refractivity contribution < 1.29 is 4.79 Å². The Morgan fingerprint density at radius 2 is 1.88 bits per heavy atom. The largest absolute Gasteiger partial charge is 0.312 e. The van der Waals surface area contributed by atoms with E-state index in [0.717, 1.165) is 37.6 Å². The van der Waals surface area contributed by atoms with Crippen molar-refractivity contribution >= 4 is 11.6 Å². The number of aromatic nitrogens is 2. The third kappa shape index (κ3) is 2.84. The lowest BCUT2D eigenvalue weighted by atomic mass is 10.0. The number of hydrogen-bond donors (Lipinski definition) is 0. The number of para-hydroxylation sites is 1. The highest BCUT2D eigenvalue weighted by atomic mass is 16.2. The molecule has 0 unspecified atom stereocenters. The minimum atomic E-state index is 0.252. The van der Waals surface area contributed by atoms with E-state index in [1.165, 1.54) is 5.69 Å². The fourth-order valence-electron chi connectivity index (χ4n) is 3.99. The molecular formula is C19H24N4O. The van der Waals surface area contributed by atoms with E-state index in [1.807, 2.05) is 42.2 Å². The molecule has 2 saturated heterocycles. The van der Waals surface area contributed by atoms with Crippen LogP contribution in [0.3, 0.4) is 0 Å². The van der Waals surface area contributed by atoms with Crippen molar-refractivity contribution in [3.8, 4) is 0 Å². The summed E-state index contributed by atoms with van der Waals surface area (Å²) in [5.74, 6) is 0.681. The van der Waals surface area contributed by atoms with Crippen molar-refractivity contribution in [1.29, 1.82) is 0 Å². The van der Waals surface area contributed by atoms with Crippen LogP contribution in [0.2, 0.25) is 0 Å². The van der Waals surface area contributed by atoms with E-state index in [2.05, 4.69) is 27.7 Å². The summed E-state index contributed by atoms with van der Waals surface area (Å²) in [4.78, 5) is 16.7. The van der Waals surface area contributed by atoms with Crippen molar-refractivity contribution in [3.63, 3.8) is 0 Å². The van der Waals surface area contributed by atoms with Crippen molar-refractivity contribution in [2.45, 2.75) is 26.3 Å². The van der Waals surface area contributed by atoms with Crippen LogP contribution in [0, 0.1) is 19.8 Å². The fourth-order valence-corrected chi connectivity index (χ4v) is 3.99. The van der Waals surface area contributed by atoms with Gasteiger partial charge in [-0.25, -0.2) is 0 Å². The van der Waals surface area contributed by atoms with E-state index in [9.17, 15) is 4.79 Å². The Hall–Kier alpha value is -2.14. The second-order valence-corrected chi connectivity index (χ2v) is 7.15. The number of rotatable bonds is 4. The summed E-state index contributed by atoms with van der Waals surface area (Å²) in [6, 6.07) is 12.6. The molecule has 1 amide bonds. The Balaban J connectivity index is 1.32. The maximum Gasteiger partial charge on any atom is 0.227 e. The molecule has 0 saturated carbocycles. The summed E-state index contributed by atoms with van der Waals surface area (Å²) in [5, 5.41) is 4.59. The fraction of sp³-hybridized carbons (Fsp3) is 0.474. The van der Waals surface area contributed by atoms with E-state index < -0.39 is 0 Å². The number of amides is 1. The molecule has 4 rings (SSSR count). The van der Waals surface area contributed by atoms with E-state index in [0.29, 0.717) is 18.4 Å². The van der Waals surface area contributed by atoms with Gasteiger partial charge in [-0.1, -0.05) is 18.2 Å². The normalized spacial score (nSPS) is 22.2. The summed E-state index contributed by atoms with van der Waals surface area (Å²) in [5.41, 5.74) is 3.35. The van der Waals surface area contributed by atoms with Crippen LogP contribution >= 0.6 is 0 Å². The first-order chi connectivity index (χ1) is 11.6. The van der Waals surface area contributed by atoms with Gasteiger partial charge in [0.2, 0.25) is 5.91 Å². The van der Waals surface area contributed by atoms with Gasteiger partial charge in [0.05, 0.1) is 11.7 Å². The number of nitrogens with zero attached hydrogens (tertiary/aromatic N) is 4. The quantitative estimate of drug-likeness (QED) is 0.867. The minimum absolute atomic E-state index is 0.252. The molecule has 126 valence electrons. The Morgan fingerprint density at radius 3 is 2.54 bits per heavy atom. The molecule has 2 aliphatic heterocycles. The molecule has 1 aromatic heterocycles. The average Bonchev–Trinajstić information content (AvgIpc) is 3.05. The Kier molecular flexibility index (Phi) is 3.88. The Labute approximate surface area is 142 Å². The molecular weight excluding hydrogens is 300 g/mol. The van der Waals surface area contributed by atoms with Gasteiger partial charge in [-0.3, -0.25) is 14.4 Å². The zero-order valence-electron chi connectivity index (χ0n) is 14.4. The molecule has 0 radical (unpaired) electrons. The van der Waals surface area contributed by atoms with Gasteiger partial charge in [-0.2, -0.15) is 5.10 Å². The van der Waals surface area contributed by atoms with Crippen LogP contribution in [0.5, 0.6) is 0 Å². The Morgan fingerprint density at radius 1 is 1.12 bits per heavy atom. The van der Waals surface area contributed by atoms with Crippen LogP contribution in [0.1, 0.15) is 23.9 Å². The van der Waals surface area contributed by atoms with Gasteiger partial charge in [-0.05, 0) is 38.0 Å². The second-order valence-electron chi connectivity index (χ2n) is 7.15. The number of aryl methyl sites for hydroxylation is 2. The number of likely N-dealkylation sites (tertiary alicyclic amines) is 1. The minimum Gasteiger partial charge on any atom is -0.312 e. The zero-order chi connectivity index (χ0) is 16.7. The average molecular weight is 324 g/mol. The molecule has 1 atom stereocenters. The van der Waals surface area contributed by atoms with Crippen LogP contribution in [0.25, 0.3) is 0 Å². The number of hydrogen-bond acceptors (Lipinski definition) is 3. The molecule has 0 bridgehead atoms. The van der Waals surface area contributed by atoms with Gasteiger partial charge < -0.3 is 4.90 Å². The number of carbonyl (C=O) groups is 1. The molecule has 2 fully saturated rings. The molecule has 5 nitrogen and oxygen atoms in total. The number of anilines is 1. The molecule has 0 aliphatic carbocycles. The summed E-state index contributed by atoms with van der Waals surface area (Å²) in [7, 11) is 0. The maximum atomic E-state index is 12.3. The summed E-state index contributed by atoms with van der Waals surface area (Å²) >= 11 is 0. The van der Waals surface area contributed by atoms with Gasteiger partial charge in [0.1, 0.15) is 0 Å². The van der Waals surface area contributed by atoms with E-state index in [-0.39, 0.29) is 5.91 Å². The van der Waals surface area contributed by atoms with E-state index in [4.69, 9.17) is 0 Å². The van der Waals surface area contributed by atoms with Crippen molar-refractivity contribution in [2.24, 2.45) is 5.92 Å². The molecule has 1 aromatic carbocycles. The summed E-state index contributed by atoms with van der Waals surface area (Å²) < 4.78 is 2.15. The Bertz CT molecular complexity index is 733. The first kappa shape index (κ1) is 15.4. The molecule has 24 heavy (non-hydrogen) atoms. The molecule has 5 heteroatoms. The van der Waals surface area contributed by atoms with Crippen LogP contribution in [0.4, 0.5) is 5.69 Å². The molecule has 0 spiro atoms. The molecule has 2 aromatic rings. The van der Waals surface area contributed by atoms with E-state index in [1.54, 1.807) is 0 Å². The maximum absolute atomic E-state index is 12.3. The third-order valence-electron chi connectivity index (χ3n) is 5.12. The zero-order valence-corrected chi connectivity index (χ0v) is 14.4. The molecule has 0 N–H and O–H groups in total. The van der Waals surface area contributed by atoms with Gasteiger partial charge in [0.15, 0.2) is 0 Å². The smallest absolute Gasteiger partial charge is 0.227 e. The van der Waals surface area contributed by atoms with Crippen LogP contribution in [-0.4, -0.2) is 46.8 Å². The highest BCUT2D eigenvalue weighted by Gasteiger charge is 2.36. The van der Waals surface area contributed by atoms with E-state index >= 15 is 0 Å². The van der Waals surface area contributed by atoms with Crippen molar-refractivity contribution in [1.82, 2.24) is 14.7 Å². The van der Waals surface area contributed by atoms with Crippen LogP contribution in [0.15, 0.2) is 36.4 Å². The first-order valence-electron chi connectivity index (χ1n) is 8.70. The van der Waals surface area contributed by atoms with Gasteiger partial charge in [0, 0.05) is 44.0 Å². The third-order valence-corrected chi connectivity index (χ3v) is 5.12. The molecule has 2 aliphatic rings. The van der Waals surface area contributed by atoms with Gasteiger partial charge >= 0.3 is 0 Å². The monoisotopic (exact) mass is 324 g/mol. The predicted octanol–water partition coefficient (Wildman–Crippen LogP) is 2.41. The standard InChI is InChI=1S/C19H24N4O/c1-14-8-15(2)23(20-14)18-12-21(13-18)10-16-9-19(24)22(11-16)17-6-4-3-5-7-17/h3-8,16,18H,9-13H2,1-2H3/t16-/m1/s1. The summed E-state index contributed by atoms with van der Waals surface area (Å²) in [6.07, 6.45) is 0.663. The second kappa shape index (κ2) is 6.06. The van der Waals surface area contributed by atoms with Crippen molar-refractivity contribution in [3.05, 3.63) is 47.8 Å².